The molecule has 2 aliphatic rings. The number of hydrogen-bond acceptors (Lipinski definition) is 4. The number of nitrogens with zero attached hydrogens (tertiary/aromatic N) is 2. The lowest BCUT2D eigenvalue weighted by Crippen LogP contribution is -2.45. The summed E-state index contributed by atoms with van der Waals surface area (Å²) < 4.78 is 0. The maximum absolute atomic E-state index is 12.9. The minimum Gasteiger partial charge on any atom is -0.369 e. The zero-order valence-corrected chi connectivity index (χ0v) is 19.2. The van der Waals surface area contributed by atoms with Crippen molar-refractivity contribution in [3.8, 4) is 0 Å². The summed E-state index contributed by atoms with van der Waals surface area (Å²) in [6.45, 7) is 6.96. The van der Waals surface area contributed by atoms with E-state index in [-0.39, 0.29) is 23.2 Å². The van der Waals surface area contributed by atoms with Crippen molar-refractivity contribution in [1.82, 2.24) is 4.90 Å². The molecule has 30 heavy (non-hydrogen) atoms. The number of anilines is 1. The van der Waals surface area contributed by atoms with Gasteiger partial charge in [0, 0.05) is 23.3 Å². The summed E-state index contributed by atoms with van der Waals surface area (Å²) in [6.07, 6.45) is 2.79. The van der Waals surface area contributed by atoms with Crippen molar-refractivity contribution in [3.63, 3.8) is 0 Å². The molecule has 0 radical (unpaired) electrons. The van der Waals surface area contributed by atoms with Gasteiger partial charge in [0.2, 0.25) is 0 Å². The van der Waals surface area contributed by atoms with Crippen LogP contribution >= 0.6 is 23.4 Å². The van der Waals surface area contributed by atoms with E-state index in [9.17, 15) is 9.59 Å². The molecule has 1 saturated heterocycles. The second kappa shape index (κ2) is 7.78. The van der Waals surface area contributed by atoms with Crippen LogP contribution in [0.15, 0.2) is 47.4 Å². The lowest BCUT2D eigenvalue weighted by atomic mass is 9.80. The smallest absolute Gasteiger partial charge is 0.293 e. The Balaban J connectivity index is 1.65. The van der Waals surface area contributed by atoms with E-state index in [1.165, 1.54) is 10.5 Å². The van der Waals surface area contributed by atoms with Gasteiger partial charge in [-0.2, -0.15) is 0 Å². The van der Waals surface area contributed by atoms with Gasteiger partial charge in [-0.05, 0) is 72.8 Å². The van der Waals surface area contributed by atoms with Crippen LogP contribution in [0.5, 0.6) is 0 Å². The zero-order valence-electron chi connectivity index (χ0n) is 17.6. The molecule has 6 heteroatoms. The van der Waals surface area contributed by atoms with Crippen LogP contribution in [0, 0.1) is 0 Å². The number of halogens is 1. The molecular weight excluding hydrogens is 416 g/mol. The Morgan fingerprint density at radius 1 is 1.20 bits per heavy atom. The number of imide groups is 1. The van der Waals surface area contributed by atoms with Crippen LogP contribution in [-0.2, 0) is 11.3 Å². The fourth-order valence-corrected chi connectivity index (χ4v) is 5.30. The Labute approximate surface area is 186 Å². The first kappa shape index (κ1) is 21.0. The van der Waals surface area contributed by atoms with E-state index in [2.05, 4.69) is 38.8 Å². The second-order valence-electron chi connectivity index (χ2n) is 8.66. The quantitative estimate of drug-likeness (QED) is 0.525. The monoisotopic (exact) mass is 440 g/mol. The molecule has 2 amide bonds. The van der Waals surface area contributed by atoms with Crippen LogP contribution in [0.4, 0.5) is 10.5 Å². The molecule has 1 unspecified atom stereocenters. The second-order valence-corrected chi connectivity index (χ2v) is 10.1. The lowest BCUT2D eigenvalue weighted by molar-refractivity contribution is -0.123. The van der Waals surface area contributed by atoms with Crippen LogP contribution in [0.3, 0.4) is 0 Å². The van der Waals surface area contributed by atoms with Gasteiger partial charge in [-0.15, -0.1) is 0 Å². The molecule has 0 bridgehead atoms. The number of amides is 2. The largest absolute Gasteiger partial charge is 0.369 e. The minimum absolute atomic E-state index is 0.0529. The number of carbonyl (C=O) groups is 2. The van der Waals surface area contributed by atoms with Gasteiger partial charge in [0.25, 0.3) is 11.1 Å². The molecule has 0 aromatic heterocycles. The fourth-order valence-electron chi connectivity index (χ4n) is 4.26. The molecule has 4 rings (SSSR count). The predicted molar refractivity (Wildman–Crippen MR) is 125 cm³/mol. The first-order valence-corrected chi connectivity index (χ1v) is 11.2. The summed E-state index contributed by atoms with van der Waals surface area (Å²) in [6, 6.07) is 13.6. The van der Waals surface area contributed by atoms with Crippen molar-refractivity contribution in [2.45, 2.75) is 45.2 Å². The molecule has 1 fully saturated rings. The third-order valence-corrected chi connectivity index (χ3v) is 7.33. The van der Waals surface area contributed by atoms with Gasteiger partial charge in [0.15, 0.2) is 0 Å². The Morgan fingerprint density at radius 2 is 1.90 bits per heavy atom. The van der Waals surface area contributed by atoms with Crippen molar-refractivity contribution in [3.05, 3.63) is 69.1 Å². The van der Waals surface area contributed by atoms with E-state index in [0.717, 1.165) is 35.0 Å². The number of carbonyl (C=O) groups excluding carboxylic acids is 2. The summed E-state index contributed by atoms with van der Waals surface area (Å²) in [5.74, 6) is 0.109. The van der Waals surface area contributed by atoms with Crippen LogP contribution in [-0.4, -0.2) is 28.6 Å². The first-order chi connectivity index (χ1) is 14.2. The van der Waals surface area contributed by atoms with Gasteiger partial charge >= 0.3 is 0 Å². The molecule has 2 aliphatic heterocycles. The third-order valence-electron chi connectivity index (χ3n) is 6.10. The highest BCUT2D eigenvalue weighted by molar-refractivity contribution is 8.18. The van der Waals surface area contributed by atoms with Gasteiger partial charge < -0.3 is 4.90 Å². The highest BCUT2D eigenvalue weighted by Gasteiger charge is 2.36. The Morgan fingerprint density at radius 3 is 2.60 bits per heavy atom. The van der Waals surface area contributed by atoms with Crippen molar-refractivity contribution < 1.29 is 9.59 Å². The fraction of sp³-hybridized carbons (Fsp3) is 0.333. The van der Waals surface area contributed by atoms with E-state index < -0.39 is 0 Å². The SMILES string of the molecule is CC1CC(C)(C)N(C)c2cc(Cl)c(/C=C3\SC(=O)N(Cc4ccccc4)C3=O)cc21. The Hall–Kier alpha value is -2.24. The van der Waals surface area contributed by atoms with Crippen molar-refractivity contribution in [2.75, 3.05) is 11.9 Å². The maximum atomic E-state index is 12.9. The van der Waals surface area contributed by atoms with Crippen LogP contribution in [0.25, 0.3) is 6.08 Å². The third kappa shape index (κ3) is 3.77. The van der Waals surface area contributed by atoms with E-state index in [1.54, 1.807) is 6.08 Å². The summed E-state index contributed by atoms with van der Waals surface area (Å²) >= 11 is 7.58. The number of rotatable bonds is 3. The van der Waals surface area contributed by atoms with Crippen LogP contribution < -0.4 is 4.90 Å². The van der Waals surface area contributed by atoms with Crippen molar-refractivity contribution >= 4 is 46.3 Å². The highest BCUT2D eigenvalue weighted by atomic mass is 35.5. The molecule has 0 saturated carbocycles. The van der Waals surface area contributed by atoms with Gasteiger partial charge in [0.05, 0.1) is 11.4 Å². The first-order valence-electron chi connectivity index (χ1n) is 10.0. The summed E-state index contributed by atoms with van der Waals surface area (Å²) in [4.78, 5) is 29.3. The Bertz CT molecular complexity index is 1050. The molecule has 4 nitrogen and oxygen atoms in total. The minimum atomic E-state index is -0.269. The standard InChI is InChI=1S/C24H25ClN2O2S/c1-15-13-24(2,3)26(4)20-12-19(25)17(10-18(15)20)11-21-22(28)27(23(29)30-21)14-16-8-6-5-7-9-16/h5-12,15H,13-14H2,1-4H3/b21-11-. The normalized spacial score (nSPS) is 22.0. The van der Waals surface area contributed by atoms with E-state index in [0.29, 0.717) is 15.8 Å². The average Bonchev–Trinajstić information content (AvgIpc) is 2.95. The summed E-state index contributed by atoms with van der Waals surface area (Å²) in [5, 5.41) is 0.333. The molecular formula is C24H25ClN2O2S. The summed E-state index contributed by atoms with van der Waals surface area (Å²) in [7, 11) is 2.09. The van der Waals surface area contributed by atoms with Gasteiger partial charge in [-0.25, -0.2) is 0 Å². The van der Waals surface area contributed by atoms with Gasteiger partial charge in [-0.1, -0.05) is 48.9 Å². The zero-order chi connectivity index (χ0) is 21.6. The highest BCUT2D eigenvalue weighted by Crippen LogP contribution is 2.45. The maximum Gasteiger partial charge on any atom is 0.293 e. The topological polar surface area (TPSA) is 40.6 Å². The van der Waals surface area contributed by atoms with Gasteiger partial charge in [0.1, 0.15) is 0 Å². The van der Waals surface area contributed by atoms with E-state index >= 15 is 0 Å². The molecule has 2 aromatic carbocycles. The molecule has 156 valence electrons. The number of hydrogen-bond donors (Lipinski definition) is 0. The van der Waals surface area contributed by atoms with Crippen LogP contribution in [0.2, 0.25) is 5.02 Å². The van der Waals surface area contributed by atoms with E-state index in [1.807, 2.05) is 36.4 Å². The number of benzene rings is 2. The van der Waals surface area contributed by atoms with E-state index in [4.69, 9.17) is 11.6 Å². The molecule has 1 atom stereocenters. The molecule has 2 heterocycles. The average molecular weight is 441 g/mol. The van der Waals surface area contributed by atoms with Crippen molar-refractivity contribution in [1.29, 1.82) is 0 Å². The number of thioether (sulfide) groups is 1. The predicted octanol–water partition coefficient (Wildman–Crippen LogP) is 6.30. The lowest BCUT2D eigenvalue weighted by Gasteiger charge is -2.45. The molecule has 0 spiro atoms. The Kier molecular flexibility index (Phi) is 5.45. The van der Waals surface area contributed by atoms with Crippen LogP contribution in [0.1, 0.15) is 49.8 Å². The van der Waals surface area contributed by atoms with Crippen molar-refractivity contribution in [2.24, 2.45) is 0 Å². The molecule has 2 aromatic rings. The summed E-state index contributed by atoms with van der Waals surface area (Å²) in [5.41, 5.74) is 4.10. The molecule has 0 N–H and O–H groups in total. The number of fused-ring (bicyclic) bond motifs is 1. The molecule has 0 aliphatic carbocycles. The van der Waals surface area contributed by atoms with Gasteiger partial charge in [-0.3, -0.25) is 14.5 Å².